The summed E-state index contributed by atoms with van der Waals surface area (Å²) in [6.45, 7) is 0.104. The number of nitrogens with zero attached hydrogens (tertiary/aromatic N) is 1. The highest BCUT2D eigenvalue weighted by Crippen LogP contribution is 2.15. The molecule has 2 aromatic rings. The molecule has 0 aromatic heterocycles. The molecule has 4 N–H and O–H groups in total. The number of amides is 2. The third kappa shape index (κ3) is 4.53. The van der Waals surface area contributed by atoms with E-state index in [2.05, 4.69) is 10.6 Å². The fourth-order valence-corrected chi connectivity index (χ4v) is 1.96. The number of carbonyl (C=O) groups excluding carboxylic acids is 1. The molecule has 118 valence electrons. The maximum Gasteiger partial charge on any atom is 0.488 e. The molecule has 0 atom stereocenters. The van der Waals surface area contributed by atoms with Crippen molar-refractivity contribution >= 4 is 30.0 Å². The van der Waals surface area contributed by atoms with E-state index in [-0.39, 0.29) is 12.2 Å². The minimum Gasteiger partial charge on any atom is -0.423 e. The van der Waals surface area contributed by atoms with E-state index in [1.807, 2.05) is 0 Å². The van der Waals surface area contributed by atoms with Crippen molar-refractivity contribution in [3.05, 3.63) is 64.2 Å². The van der Waals surface area contributed by atoms with Crippen molar-refractivity contribution in [2.24, 2.45) is 0 Å². The van der Waals surface area contributed by atoms with Gasteiger partial charge in [-0.3, -0.25) is 10.1 Å². The monoisotopic (exact) mass is 315 g/mol. The highest BCUT2D eigenvalue weighted by molar-refractivity contribution is 6.59. The minimum absolute atomic E-state index is 0.0678. The average Bonchev–Trinajstić information content (AvgIpc) is 2.53. The maximum absolute atomic E-state index is 11.8. The van der Waals surface area contributed by atoms with E-state index in [1.165, 1.54) is 24.3 Å². The van der Waals surface area contributed by atoms with Gasteiger partial charge in [0.05, 0.1) is 4.92 Å². The molecule has 0 radical (unpaired) electrons. The average molecular weight is 315 g/mol. The number of non-ortho nitro benzene ring substituents is 1. The summed E-state index contributed by atoms with van der Waals surface area (Å²) >= 11 is 0. The summed E-state index contributed by atoms with van der Waals surface area (Å²) in [6, 6.07) is 11.5. The van der Waals surface area contributed by atoms with Gasteiger partial charge in [-0.25, -0.2) is 4.79 Å². The zero-order valence-electron chi connectivity index (χ0n) is 12.0. The topological polar surface area (TPSA) is 125 Å². The lowest BCUT2D eigenvalue weighted by Gasteiger charge is -2.11. The van der Waals surface area contributed by atoms with E-state index in [9.17, 15) is 25.0 Å². The Morgan fingerprint density at radius 1 is 1.13 bits per heavy atom. The third-order valence-electron chi connectivity index (χ3n) is 3.11. The third-order valence-corrected chi connectivity index (χ3v) is 3.11. The Bertz CT molecular complexity index is 706. The molecule has 0 heterocycles. The molecule has 23 heavy (non-hydrogen) atoms. The Hall–Kier alpha value is -2.91. The van der Waals surface area contributed by atoms with Crippen LogP contribution < -0.4 is 16.1 Å². The van der Waals surface area contributed by atoms with Gasteiger partial charge in [0.15, 0.2) is 0 Å². The molecule has 0 unspecified atom stereocenters. The van der Waals surface area contributed by atoms with Crippen molar-refractivity contribution < 1.29 is 19.8 Å². The summed E-state index contributed by atoms with van der Waals surface area (Å²) < 4.78 is 0. The molecule has 9 heteroatoms. The second kappa shape index (κ2) is 7.39. The van der Waals surface area contributed by atoms with E-state index in [4.69, 9.17) is 0 Å². The van der Waals surface area contributed by atoms with Gasteiger partial charge in [0.2, 0.25) is 0 Å². The molecular formula is C14H14BN3O5. The largest absolute Gasteiger partial charge is 0.488 e. The molecular weight excluding hydrogens is 301 g/mol. The van der Waals surface area contributed by atoms with Crippen LogP contribution in [0.15, 0.2) is 48.5 Å². The van der Waals surface area contributed by atoms with Crippen molar-refractivity contribution in [1.29, 1.82) is 0 Å². The number of anilines is 1. The molecule has 0 saturated carbocycles. The van der Waals surface area contributed by atoms with Crippen LogP contribution in [0.5, 0.6) is 0 Å². The van der Waals surface area contributed by atoms with E-state index in [0.717, 1.165) is 0 Å². The summed E-state index contributed by atoms with van der Waals surface area (Å²) in [5, 5.41) is 34.1. The van der Waals surface area contributed by atoms with Gasteiger partial charge in [0, 0.05) is 24.4 Å². The number of hydrogen-bond donors (Lipinski definition) is 4. The summed E-state index contributed by atoms with van der Waals surface area (Å²) in [4.78, 5) is 21.8. The van der Waals surface area contributed by atoms with E-state index < -0.39 is 18.1 Å². The van der Waals surface area contributed by atoms with Crippen LogP contribution in [0.1, 0.15) is 5.56 Å². The predicted octanol–water partition coefficient (Wildman–Crippen LogP) is 0.596. The number of benzene rings is 2. The highest BCUT2D eigenvalue weighted by Gasteiger charge is 2.15. The van der Waals surface area contributed by atoms with Crippen LogP contribution in [0.25, 0.3) is 0 Å². The smallest absolute Gasteiger partial charge is 0.423 e. The van der Waals surface area contributed by atoms with Gasteiger partial charge in [-0.05, 0) is 23.2 Å². The zero-order valence-corrected chi connectivity index (χ0v) is 12.0. The molecule has 0 spiro atoms. The Balaban J connectivity index is 1.94. The Kier molecular flexibility index (Phi) is 5.29. The molecule has 0 aliphatic carbocycles. The van der Waals surface area contributed by atoms with Gasteiger partial charge < -0.3 is 20.7 Å². The number of rotatable bonds is 5. The highest BCUT2D eigenvalue weighted by atomic mass is 16.6. The first kappa shape index (κ1) is 16.5. The Labute approximate surface area is 132 Å². The molecule has 0 bridgehead atoms. The molecule has 0 aliphatic heterocycles. The van der Waals surface area contributed by atoms with Crippen molar-refractivity contribution in [2.45, 2.75) is 6.54 Å². The first-order valence-electron chi connectivity index (χ1n) is 6.70. The van der Waals surface area contributed by atoms with Gasteiger partial charge >= 0.3 is 13.1 Å². The number of nitro groups is 1. The van der Waals surface area contributed by atoms with Gasteiger partial charge in [-0.2, -0.15) is 0 Å². The molecule has 2 amide bonds. The van der Waals surface area contributed by atoms with Gasteiger partial charge in [0.1, 0.15) is 0 Å². The molecule has 2 aromatic carbocycles. The van der Waals surface area contributed by atoms with E-state index in [0.29, 0.717) is 16.7 Å². The lowest BCUT2D eigenvalue weighted by Crippen LogP contribution is -2.36. The summed E-state index contributed by atoms with van der Waals surface area (Å²) in [5.41, 5.74) is 1.22. The minimum atomic E-state index is -1.62. The van der Waals surface area contributed by atoms with Crippen LogP contribution in [0, 0.1) is 10.1 Å². The SMILES string of the molecule is O=C(NCc1ccccc1B(O)O)Nc1ccc([N+](=O)[O-])cc1. The lowest BCUT2D eigenvalue weighted by atomic mass is 9.77. The first-order valence-corrected chi connectivity index (χ1v) is 6.70. The van der Waals surface area contributed by atoms with Crippen LogP contribution in [0.3, 0.4) is 0 Å². The van der Waals surface area contributed by atoms with E-state index in [1.54, 1.807) is 24.3 Å². The molecule has 0 aliphatic rings. The zero-order chi connectivity index (χ0) is 16.8. The van der Waals surface area contributed by atoms with Gasteiger partial charge in [-0.1, -0.05) is 24.3 Å². The standard InChI is InChI=1S/C14H14BN3O5/c19-14(17-11-5-7-12(8-6-11)18(22)23)16-9-10-3-1-2-4-13(10)15(20)21/h1-8,20-21H,9H2,(H2,16,17,19). The van der Waals surface area contributed by atoms with E-state index >= 15 is 0 Å². The van der Waals surface area contributed by atoms with Crippen LogP contribution >= 0.6 is 0 Å². The molecule has 2 rings (SSSR count). The summed E-state index contributed by atoms with van der Waals surface area (Å²) in [6.07, 6.45) is 0. The number of nitro benzene ring substituents is 1. The predicted molar refractivity (Wildman–Crippen MR) is 85.2 cm³/mol. The number of hydrogen-bond acceptors (Lipinski definition) is 5. The van der Waals surface area contributed by atoms with Gasteiger partial charge in [0.25, 0.3) is 5.69 Å². The van der Waals surface area contributed by atoms with Crippen LogP contribution in [0.2, 0.25) is 0 Å². The van der Waals surface area contributed by atoms with Crippen LogP contribution in [0.4, 0.5) is 16.2 Å². The van der Waals surface area contributed by atoms with Crippen molar-refractivity contribution in [3.63, 3.8) is 0 Å². The molecule has 8 nitrogen and oxygen atoms in total. The second-order valence-electron chi connectivity index (χ2n) is 4.68. The Morgan fingerprint density at radius 3 is 2.39 bits per heavy atom. The summed E-state index contributed by atoms with van der Waals surface area (Å²) in [7, 11) is -1.62. The Morgan fingerprint density at radius 2 is 1.78 bits per heavy atom. The number of carbonyl (C=O) groups is 1. The molecule has 0 saturated heterocycles. The van der Waals surface area contributed by atoms with Crippen LogP contribution in [-0.2, 0) is 6.54 Å². The number of urea groups is 1. The fourth-order valence-electron chi connectivity index (χ4n) is 1.96. The molecule has 0 fully saturated rings. The quantitative estimate of drug-likeness (QED) is 0.365. The maximum atomic E-state index is 11.8. The lowest BCUT2D eigenvalue weighted by molar-refractivity contribution is -0.384. The fraction of sp³-hybridized carbons (Fsp3) is 0.0714. The second-order valence-corrected chi connectivity index (χ2v) is 4.68. The summed E-state index contributed by atoms with van der Waals surface area (Å²) in [5.74, 6) is 0. The van der Waals surface area contributed by atoms with Crippen LogP contribution in [-0.4, -0.2) is 28.1 Å². The van der Waals surface area contributed by atoms with Crippen molar-refractivity contribution in [2.75, 3.05) is 5.32 Å². The number of nitrogens with one attached hydrogen (secondary N) is 2. The first-order chi connectivity index (χ1) is 11.0. The normalized spacial score (nSPS) is 10.0. The van der Waals surface area contributed by atoms with Crippen molar-refractivity contribution in [1.82, 2.24) is 5.32 Å². The van der Waals surface area contributed by atoms with Crippen molar-refractivity contribution in [3.8, 4) is 0 Å². The van der Waals surface area contributed by atoms with Gasteiger partial charge in [-0.15, -0.1) is 0 Å².